The molecule has 0 aliphatic heterocycles. The highest BCUT2D eigenvalue weighted by atomic mass is 16.6. The smallest absolute Gasteiger partial charge is 0.312 e. The monoisotopic (exact) mass is 471 g/mol. The van der Waals surface area contributed by atoms with E-state index in [9.17, 15) is 20.2 Å². The topological polar surface area (TPSA) is 114 Å². The van der Waals surface area contributed by atoms with Crippen LogP contribution in [0, 0.1) is 21.4 Å². The van der Waals surface area contributed by atoms with Crippen LogP contribution in [-0.4, -0.2) is 17.9 Å². The third-order valence-electron chi connectivity index (χ3n) is 5.16. The molecule has 35 heavy (non-hydrogen) atoms. The highest BCUT2D eigenvalue weighted by Crippen LogP contribution is 2.34. The number of nitriles is 1. The van der Waals surface area contributed by atoms with Gasteiger partial charge in [-0.15, -0.1) is 0 Å². The average molecular weight is 472 g/mol. The minimum absolute atomic E-state index is 0.0328. The Morgan fingerprint density at radius 3 is 2.34 bits per heavy atom. The largest absolute Gasteiger partial charge is 0.495 e. The fourth-order valence-electron chi connectivity index (χ4n) is 3.26. The van der Waals surface area contributed by atoms with Crippen molar-refractivity contribution in [3.63, 3.8) is 0 Å². The number of nitrogens with zero attached hydrogens (tertiary/aromatic N) is 2. The number of rotatable bonds is 7. The van der Waals surface area contributed by atoms with E-state index in [0.717, 1.165) is 5.56 Å². The van der Waals surface area contributed by atoms with E-state index in [4.69, 9.17) is 9.47 Å². The molecule has 0 saturated carbocycles. The molecule has 0 saturated heterocycles. The van der Waals surface area contributed by atoms with Gasteiger partial charge < -0.3 is 14.8 Å². The lowest BCUT2D eigenvalue weighted by Crippen LogP contribution is -2.14. The number of nitro benzene ring substituents is 1. The van der Waals surface area contributed by atoms with E-state index >= 15 is 0 Å². The molecular formula is C27H25N3O5. The lowest BCUT2D eigenvalue weighted by atomic mass is 9.87. The molecule has 0 heterocycles. The second-order valence-corrected chi connectivity index (χ2v) is 8.68. The molecule has 3 aromatic carbocycles. The first kappa shape index (κ1) is 25.0. The number of nitro groups is 1. The molecule has 3 aromatic rings. The third-order valence-corrected chi connectivity index (χ3v) is 5.16. The Morgan fingerprint density at radius 1 is 1.06 bits per heavy atom. The second-order valence-electron chi connectivity index (χ2n) is 8.68. The van der Waals surface area contributed by atoms with Gasteiger partial charge in [-0.05, 0) is 52.9 Å². The molecule has 1 N–H and O–H groups in total. The summed E-state index contributed by atoms with van der Waals surface area (Å²) in [7, 11) is 1.47. The van der Waals surface area contributed by atoms with Crippen molar-refractivity contribution in [1.82, 2.24) is 0 Å². The first-order valence-electron chi connectivity index (χ1n) is 10.8. The molecule has 0 radical (unpaired) electrons. The van der Waals surface area contributed by atoms with Crippen molar-refractivity contribution in [2.24, 2.45) is 0 Å². The maximum absolute atomic E-state index is 12.6. The van der Waals surface area contributed by atoms with Gasteiger partial charge in [-0.3, -0.25) is 14.9 Å². The minimum atomic E-state index is -0.668. The Morgan fingerprint density at radius 2 is 1.74 bits per heavy atom. The van der Waals surface area contributed by atoms with Gasteiger partial charge in [-0.1, -0.05) is 51.1 Å². The highest BCUT2D eigenvalue weighted by molar-refractivity contribution is 6.10. The van der Waals surface area contributed by atoms with Crippen molar-refractivity contribution >= 4 is 23.4 Å². The molecule has 0 atom stereocenters. The fourth-order valence-corrected chi connectivity index (χ4v) is 3.26. The Hall–Kier alpha value is -4.64. The van der Waals surface area contributed by atoms with Crippen molar-refractivity contribution in [3.8, 4) is 23.3 Å². The van der Waals surface area contributed by atoms with Crippen LogP contribution < -0.4 is 14.8 Å². The Kier molecular flexibility index (Phi) is 7.52. The van der Waals surface area contributed by atoms with Crippen LogP contribution in [0.4, 0.5) is 11.4 Å². The van der Waals surface area contributed by atoms with Gasteiger partial charge in [0.25, 0.3) is 5.91 Å². The molecule has 0 aliphatic carbocycles. The molecule has 0 aliphatic rings. The van der Waals surface area contributed by atoms with Gasteiger partial charge in [0.15, 0.2) is 0 Å². The molecule has 3 rings (SSSR count). The van der Waals surface area contributed by atoms with Crippen LogP contribution in [0.5, 0.6) is 17.2 Å². The van der Waals surface area contributed by atoms with Crippen molar-refractivity contribution in [2.75, 3.05) is 12.4 Å². The number of ether oxygens (including phenoxy) is 2. The van der Waals surface area contributed by atoms with Crippen LogP contribution in [0.1, 0.15) is 31.9 Å². The lowest BCUT2D eigenvalue weighted by molar-refractivity contribution is -0.385. The highest BCUT2D eigenvalue weighted by Gasteiger charge is 2.19. The van der Waals surface area contributed by atoms with Crippen LogP contribution in [0.25, 0.3) is 6.08 Å². The van der Waals surface area contributed by atoms with Crippen molar-refractivity contribution < 1.29 is 19.2 Å². The summed E-state index contributed by atoms with van der Waals surface area (Å²) in [5.74, 6) is 0.274. The maximum atomic E-state index is 12.6. The summed E-state index contributed by atoms with van der Waals surface area (Å²) in [6.45, 7) is 6.27. The minimum Gasteiger partial charge on any atom is -0.495 e. The molecule has 0 bridgehead atoms. The zero-order valence-electron chi connectivity index (χ0n) is 19.9. The predicted molar refractivity (Wildman–Crippen MR) is 134 cm³/mol. The van der Waals surface area contributed by atoms with Crippen LogP contribution in [0.15, 0.2) is 72.3 Å². The Labute approximate surface area is 203 Å². The van der Waals surface area contributed by atoms with Gasteiger partial charge in [-0.2, -0.15) is 5.26 Å². The van der Waals surface area contributed by atoms with Crippen molar-refractivity contribution in [1.29, 1.82) is 5.26 Å². The summed E-state index contributed by atoms with van der Waals surface area (Å²) in [5, 5.41) is 23.8. The van der Waals surface area contributed by atoms with Crippen molar-refractivity contribution in [2.45, 2.75) is 26.2 Å². The maximum Gasteiger partial charge on any atom is 0.312 e. The molecule has 8 heteroatoms. The van der Waals surface area contributed by atoms with Crippen LogP contribution in [0.2, 0.25) is 0 Å². The number of nitrogens with one attached hydrogen (secondary N) is 1. The molecule has 0 fully saturated rings. The van der Waals surface area contributed by atoms with Crippen LogP contribution >= 0.6 is 0 Å². The standard InChI is InChI=1S/C27H25N3O5/c1-27(2,3)20-10-12-21(13-11-20)35-25-14-9-18(16-23(25)30(32)33)15-19(17-28)26(31)29-22-7-5-6-8-24(22)34-4/h5-16H,1-4H3,(H,29,31)/b19-15+. The number of carbonyl (C=O) groups is 1. The molecule has 0 spiro atoms. The van der Waals surface area contributed by atoms with E-state index < -0.39 is 10.8 Å². The lowest BCUT2D eigenvalue weighted by Gasteiger charge is -2.19. The number of methoxy groups -OCH3 is 1. The Bertz CT molecular complexity index is 1320. The number of para-hydroxylation sites is 2. The Balaban J connectivity index is 1.86. The number of anilines is 1. The number of amides is 1. The zero-order chi connectivity index (χ0) is 25.6. The number of benzene rings is 3. The van der Waals surface area contributed by atoms with Gasteiger partial charge in [0, 0.05) is 6.07 Å². The van der Waals surface area contributed by atoms with E-state index in [1.54, 1.807) is 42.5 Å². The van der Waals surface area contributed by atoms with E-state index in [0.29, 0.717) is 22.7 Å². The predicted octanol–water partition coefficient (Wildman–Crippen LogP) is 6.24. The summed E-state index contributed by atoms with van der Waals surface area (Å²) >= 11 is 0. The summed E-state index contributed by atoms with van der Waals surface area (Å²) in [6, 6.07) is 20.2. The van der Waals surface area contributed by atoms with Gasteiger partial charge in [0.2, 0.25) is 5.75 Å². The second kappa shape index (κ2) is 10.5. The molecule has 8 nitrogen and oxygen atoms in total. The molecule has 178 valence electrons. The quantitative estimate of drug-likeness (QED) is 0.189. The molecule has 1 amide bonds. The van der Waals surface area contributed by atoms with Gasteiger partial charge in [-0.25, -0.2) is 0 Å². The third kappa shape index (κ3) is 6.24. The van der Waals surface area contributed by atoms with E-state index in [1.165, 1.54) is 25.3 Å². The number of carbonyl (C=O) groups excluding carboxylic acids is 1. The van der Waals surface area contributed by atoms with Gasteiger partial charge in [0.1, 0.15) is 23.1 Å². The van der Waals surface area contributed by atoms with E-state index in [1.807, 2.05) is 18.2 Å². The summed E-state index contributed by atoms with van der Waals surface area (Å²) in [6.07, 6.45) is 1.28. The van der Waals surface area contributed by atoms with Crippen LogP contribution in [0.3, 0.4) is 0 Å². The number of hydrogen-bond acceptors (Lipinski definition) is 6. The normalized spacial score (nSPS) is 11.3. The van der Waals surface area contributed by atoms with E-state index in [-0.39, 0.29) is 22.4 Å². The first-order valence-corrected chi connectivity index (χ1v) is 10.8. The van der Waals surface area contributed by atoms with Crippen LogP contribution in [-0.2, 0) is 10.2 Å². The molecular weight excluding hydrogens is 446 g/mol. The zero-order valence-corrected chi connectivity index (χ0v) is 19.9. The SMILES string of the molecule is COc1ccccc1NC(=O)/C(C#N)=C/c1ccc(Oc2ccc(C(C)(C)C)cc2)c([N+](=O)[O-])c1. The van der Waals surface area contributed by atoms with Gasteiger partial charge >= 0.3 is 5.69 Å². The summed E-state index contributed by atoms with van der Waals surface area (Å²) in [5.41, 5.74) is 1.26. The van der Waals surface area contributed by atoms with E-state index in [2.05, 4.69) is 26.1 Å². The number of hydrogen-bond donors (Lipinski definition) is 1. The van der Waals surface area contributed by atoms with Gasteiger partial charge in [0.05, 0.1) is 17.7 Å². The first-order chi connectivity index (χ1) is 16.6. The molecule has 0 aromatic heterocycles. The average Bonchev–Trinajstić information content (AvgIpc) is 2.83. The molecule has 0 unspecified atom stereocenters. The van der Waals surface area contributed by atoms with Crippen molar-refractivity contribution in [3.05, 3.63) is 93.5 Å². The summed E-state index contributed by atoms with van der Waals surface area (Å²) in [4.78, 5) is 23.8. The summed E-state index contributed by atoms with van der Waals surface area (Å²) < 4.78 is 11.0. The fraction of sp³-hybridized carbons (Fsp3) is 0.185.